The third-order valence-corrected chi connectivity index (χ3v) is 14.5. The highest BCUT2D eigenvalue weighted by molar-refractivity contribution is 6.74. The van der Waals surface area contributed by atoms with E-state index in [0.29, 0.717) is 26.2 Å². The minimum atomic E-state index is -2.12. The van der Waals surface area contributed by atoms with Crippen molar-refractivity contribution in [2.45, 2.75) is 102 Å². The fourth-order valence-electron chi connectivity index (χ4n) is 6.58. The summed E-state index contributed by atoms with van der Waals surface area (Å²) in [6.07, 6.45) is 2.11. The number of carbonyl (C=O) groups is 2. The zero-order valence-corrected chi connectivity index (χ0v) is 27.5. The van der Waals surface area contributed by atoms with Crippen LogP contribution in [0.1, 0.15) is 52.2 Å². The lowest BCUT2D eigenvalue weighted by atomic mass is 9.63. The molecule has 2 heterocycles. The van der Waals surface area contributed by atoms with Crippen LogP contribution in [0.15, 0.2) is 72.8 Å². The number of hydrogen-bond acceptors (Lipinski definition) is 7. The van der Waals surface area contributed by atoms with E-state index in [4.69, 9.17) is 23.4 Å². The summed E-state index contributed by atoms with van der Waals surface area (Å²) >= 11 is 0. The molecular formula is C35H46O7Si. The molecule has 1 aliphatic carbocycles. The minimum Gasteiger partial charge on any atom is -0.459 e. The van der Waals surface area contributed by atoms with Crippen LogP contribution in [0.4, 0.5) is 0 Å². The van der Waals surface area contributed by atoms with Crippen molar-refractivity contribution in [3.63, 3.8) is 0 Å². The zero-order valence-electron chi connectivity index (χ0n) is 26.5. The molecule has 0 N–H and O–H groups in total. The molecule has 3 aliphatic rings. The maximum atomic E-state index is 14.0. The summed E-state index contributed by atoms with van der Waals surface area (Å²) < 4.78 is 33.0. The van der Waals surface area contributed by atoms with Crippen LogP contribution in [0, 0.1) is 11.8 Å². The summed E-state index contributed by atoms with van der Waals surface area (Å²) in [5.74, 6) is -1.39. The highest BCUT2D eigenvalue weighted by Gasteiger charge is 2.71. The topological polar surface area (TPSA) is 80.3 Å². The molecule has 232 valence electrons. The van der Waals surface area contributed by atoms with Crippen molar-refractivity contribution in [2.24, 2.45) is 11.8 Å². The van der Waals surface area contributed by atoms with Gasteiger partial charge in [0.25, 0.3) is 0 Å². The van der Waals surface area contributed by atoms with Crippen LogP contribution < -0.4 is 0 Å². The Balaban J connectivity index is 1.53. The highest BCUT2D eigenvalue weighted by atomic mass is 28.4. The second-order valence-electron chi connectivity index (χ2n) is 13.9. The standard InChI is InChI=1S/C35H46O7Si/c1-24-30(41-25(2)36)32(39-22-27-16-12-9-13-17-27)31(38-21-26-14-10-8-11-15-26)28-20-34(19-18-29(37)35(24,28)42-34)23-40-43(6,7)33(3,4)5/h8-19,24,28,30-32H,20-23H2,1-7H3/t24-,28-,30-,31-,32+,34+,35+/m1/s1. The van der Waals surface area contributed by atoms with Gasteiger partial charge in [0.2, 0.25) is 0 Å². The van der Waals surface area contributed by atoms with Crippen LogP contribution in [0.3, 0.4) is 0 Å². The summed E-state index contributed by atoms with van der Waals surface area (Å²) in [6.45, 7) is 15.4. The van der Waals surface area contributed by atoms with Gasteiger partial charge in [0.05, 0.1) is 25.9 Å². The van der Waals surface area contributed by atoms with Gasteiger partial charge >= 0.3 is 5.97 Å². The molecule has 7 nitrogen and oxygen atoms in total. The number of fused-ring (bicyclic) bond motifs is 1. The fraction of sp³-hybridized carbons (Fsp3) is 0.543. The molecule has 43 heavy (non-hydrogen) atoms. The van der Waals surface area contributed by atoms with Crippen LogP contribution in [0.2, 0.25) is 18.1 Å². The van der Waals surface area contributed by atoms with E-state index in [1.54, 1.807) is 6.08 Å². The van der Waals surface area contributed by atoms with Crippen LogP contribution in [-0.2, 0) is 46.2 Å². The average molecular weight is 607 g/mol. The normalized spacial score (nSPS) is 32.0. The van der Waals surface area contributed by atoms with E-state index in [2.05, 4.69) is 33.9 Å². The number of benzene rings is 2. The van der Waals surface area contributed by atoms with Gasteiger partial charge in [-0.25, -0.2) is 0 Å². The van der Waals surface area contributed by atoms with Crippen molar-refractivity contribution in [1.29, 1.82) is 0 Å². The molecule has 2 aliphatic heterocycles. The number of hydrogen-bond donors (Lipinski definition) is 0. The van der Waals surface area contributed by atoms with Crippen molar-refractivity contribution in [1.82, 2.24) is 0 Å². The first kappa shape index (κ1) is 31.8. The van der Waals surface area contributed by atoms with E-state index in [0.717, 1.165) is 11.1 Å². The number of rotatable bonds is 10. The molecule has 2 aromatic carbocycles. The molecule has 7 atom stereocenters. The molecular weight excluding hydrogens is 560 g/mol. The zero-order chi connectivity index (χ0) is 31.0. The van der Waals surface area contributed by atoms with Crippen LogP contribution in [-0.4, -0.2) is 56.2 Å². The molecule has 0 amide bonds. The van der Waals surface area contributed by atoms with Crippen molar-refractivity contribution in [3.05, 3.63) is 83.9 Å². The summed E-state index contributed by atoms with van der Waals surface area (Å²) in [5.41, 5.74) is -0.0358. The summed E-state index contributed by atoms with van der Waals surface area (Å²) in [6, 6.07) is 19.8. The Kier molecular flexibility index (Phi) is 8.91. The van der Waals surface area contributed by atoms with Gasteiger partial charge in [-0.3, -0.25) is 9.59 Å². The molecule has 1 saturated heterocycles. The predicted octanol–water partition coefficient (Wildman–Crippen LogP) is 6.41. The summed E-state index contributed by atoms with van der Waals surface area (Å²) in [5, 5.41) is 0.0201. The molecule has 5 rings (SSSR count). The van der Waals surface area contributed by atoms with Gasteiger partial charge in [-0.15, -0.1) is 0 Å². The van der Waals surface area contributed by atoms with Gasteiger partial charge in [0, 0.05) is 18.8 Å². The van der Waals surface area contributed by atoms with Crippen LogP contribution >= 0.6 is 0 Å². The smallest absolute Gasteiger partial charge is 0.303 e. The Morgan fingerprint density at radius 1 is 0.930 bits per heavy atom. The first-order valence-corrected chi connectivity index (χ1v) is 18.2. The van der Waals surface area contributed by atoms with Crippen LogP contribution in [0.5, 0.6) is 0 Å². The molecule has 0 aromatic heterocycles. The quantitative estimate of drug-likeness (QED) is 0.228. The second-order valence-corrected chi connectivity index (χ2v) is 18.7. The van der Waals surface area contributed by atoms with E-state index in [1.165, 1.54) is 6.92 Å². The first-order valence-electron chi connectivity index (χ1n) is 15.3. The van der Waals surface area contributed by atoms with Crippen molar-refractivity contribution in [3.8, 4) is 0 Å². The molecule has 2 bridgehead atoms. The highest BCUT2D eigenvalue weighted by Crippen LogP contribution is 2.58. The van der Waals surface area contributed by atoms with Gasteiger partial charge in [-0.2, -0.15) is 0 Å². The largest absolute Gasteiger partial charge is 0.459 e. The van der Waals surface area contributed by atoms with Crippen molar-refractivity contribution < 1.29 is 33.0 Å². The Labute approximate surface area is 257 Å². The van der Waals surface area contributed by atoms with E-state index in [1.807, 2.05) is 73.7 Å². The van der Waals surface area contributed by atoms with Gasteiger partial charge < -0.3 is 23.4 Å². The van der Waals surface area contributed by atoms with Crippen molar-refractivity contribution >= 4 is 20.1 Å². The maximum absolute atomic E-state index is 14.0. The van der Waals surface area contributed by atoms with Gasteiger partial charge in [-0.05, 0) is 47.8 Å². The molecule has 8 heteroatoms. The second kappa shape index (κ2) is 12.0. The Bertz CT molecular complexity index is 1320. The average Bonchev–Trinajstić information content (AvgIpc) is 3.26. The Morgan fingerprint density at radius 2 is 1.49 bits per heavy atom. The number of ether oxygens (including phenoxy) is 4. The molecule has 2 aromatic rings. The Hall–Kier alpha value is -2.62. The molecule has 0 radical (unpaired) electrons. The summed E-state index contributed by atoms with van der Waals surface area (Å²) in [4.78, 5) is 26.5. The SMILES string of the molecule is CC(=O)O[C@H]1[C@H](OCc2ccccc2)[C@H](OCc2ccccc2)[C@H]2C[C@]3(CO[Si](C)(C)C(C)(C)C)C=CC(=O)[C@]2(O3)[C@@H]1C. The third kappa shape index (κ3) is 6.18. The lowest BCUT2D eigenvalue weighted by Gasteiger charge is -2.52. The third-order valence-electron chi connectivity index (χ3n) is 9.98. The van der Waals surface area contributed by atoms with Gasteiger partial charge in [0.15, 0.2) is 14.1 Å². The summed E-state index contributed by atoms with van der Waals surface area (Å²) in [7, 11) is -2.12. The minimum absolute atomic E-state index is 0.0201. The first-order chi connectivity index (χ1) is 20.3. The van der Waals surface area contributed by atoms with Crippen LogP contribution in [0.25, 0.3) is 0 Å². The maximum Gasteiger partial charge on any atom is 0.303 e. The monoisotopic (exact) mass is 606 g/mol. The Morgan fingerprint density at radius 3 is 2.02 bits per heavy atom. The predicted molar refractivity (Wildman–Crippen MR) is 167 cm³/mol. The molecule has 1 spiro atoms. The van der Waals surface area contributed by atoms with E-state index < -0.39 is 49.7 Å². The van der Waals surface area contributed by atoms with E-state index in [-0.39, 0.29) is 16.7 Å². The lowest BCUT2D eigenvalue weighted by molar-refractivity contribution is -0.248. The van der Waals surface area contributed by atoms with E-state index in [9.17, 15) is 9.59 Å². The molecule has 0 unspecified atom stereocenters. The fourth-order valence-corrected chi connectivity index (χ4v) is 7.62. The van der Waals surface area contributed by atoms with Gasteiger partial charge in [0.1, 0.15) is 23.4 Å². The number of ketones is 1. The molecule has 2 fully saturated rings. The van der Waals surface area contributed by atoms with Crippen molar-refractivity contribution in [2.75, 3.05) is 6.61 Å². The van der Waals surface area contributed by atoms with E-state index >= 15 is 0 Å². The molecule has 1 saturated carbocycles. The lowest BCUT2D eigenvalue weighted by Crippen LogP contribution is -2.68. The number of carbonyl (C=O) groups excluding carboxylic acids is 2. The van der Waals surface area contributed by atoms with Gasteiger partial charge in [-0.1, -0.05) is 88.4 Å². The number of esters is 1.